The lowest BCUT2D eigenvalue weighted by molar-refractivity contribution is -0.349. The van der Waals surface area contributed by atoms with E-state index in [1.807, 2.05) is 0 Å². The van der Waals surface area contributed by atoms with Crippen molar-refractivity contribution in [3.05, 3.63) is 65.2 Å². The third-order valence-corrected chi connectivity index (χ3v) is 8.12. The number of nitrogens with zero attached hydrogens (tertiary/aromatic N) is 1. The topological polar surface area (TPSA) is 316 Å². The van der Waals surface area contributed by atoms with Crippen LogP contribution in [0.3, 0.4) is 0 Å². The fraction of sp³-hybridized carbons (Fsp3) is 0.400. The maximum Gasteiger partial charge on any atom is 0.335 e. The Morgan fingerprint density at radius 1 is 0.980 bits per heavy atom. The van der Waals surface area contributed by atoms with E-state index in [0.717, 1.165) is 29.2 Å². The highest BCUT2D eigenvalue weighted by Crippen LogP contribution is 2.37. The van der Waals surface area contributed by atoms with Gasteiger partial charge in [-0.25, -0.2) is 9.59 Å². The Labute approximate surface area is 276 Å². The molecule has 2 fully saturated rings. The molecule has 2 unspecified atom stereocenters. The van der Waals surface area contributed by atoms with Crippen LogP contribution in [0.4, 0.5) is 0 Å². The molecule has 2 heterocycles. The van der Waals surface area contributed by atoms with Crippen LogP contribution in [0.2, 0.25) is 0 Å². The molecule has 2 aromatic rings. The largest absolute Gasteiger partial charge is 0.494 e. The number of hydrogen-bond donors (Lipinski definition) is 10. The van der Waals surface area contributed by atoms with Gasteiger partial charge in [-0.2, -0.15) is 0 Å². The van der Waals surface area contributed by atoms with Gasteiger partial charge >= 0.3 is 17.9 Å². The van der Waals surface area contributed by atoms with Crippen LogP contribution < -0.4 is 21.1 Å². The van der Waals surface area contributed by atoms with E-state index in [9.17, 15) is 59.4 Å². The van der Waals surface area contributed by atoms with Crippen molar-refractivity contribution in [2.45, 2.75) is 60.8 Å². The summed E-state index contributed by atoms with van der Waals surface area (Å²) in [5.74, 6) is -8.40. The third kappa shape index (κ3) is 7.61. The number of amides is 3. The zero-order chi connectivity index (χ0) is 36.2. The fourth-order valence-corrected chi connectivity index (χ4v) is 5.35. The number of benzene rings is 2. The van der Waals surface area contributed by atoms with Crippen LogP contribution in [0, 0.1) is 0 Å². The van der Waals surface area contributed by atoms with E-state index in [1.54, 1.807) is 0 Å². The van der Waals surface area contributed by atoms with Crippen molar-refractivity contribution in [2.75, 3.05) is 13.2 Å². The van der Waals surface area contributed by atoms with Gasteiger partial charge in [0.05, 0.1) is 13.2 Å². The number of aliphatic carboxylic acids is 3. The van der Waals surface area contributed by atoms with Crippen LogP contribution in [0.25, 0.3) is 0 Å². The molecule has 0 saturated carbocycles. The van der Waals surface area contributed by atoms with Crippen LogP contribution in [0.15, 0.2) is 48.5 Å². The zero-order valence-electron chi connectivity index (χ0n) is 25.4. The number of carboxylic acid groups (broad SMARTS) is 3. The zero-order valence-corrected chi connectivity index (χ0v) is 25.4. The molecule has 264 valence electrons. The number of aliphatic hydroxyl groups excluding tert-OH is 3. The molecule has 2 aliphatic heterocycles. The Balaban J connectivity index is 1.41. The molecule has 2 aliphatic rings. The minimum atomic E-state index is -2.81. The molecule has 19 nitrogen and oxygen atoms in total. The lowest BCUT2D eigenvalue weighted by atomic mass is 9.87. The van der Waals surface area contributed by atoms with E-state index in [0.29, 0.717) is 11.3 Å². The van der Waals surface area contributed by atoms with Gasteiger partial charge in [0.25, 0.3) is 0 Å². The van der Waals surface area contributed by atoms with Gasteiger partial charge in [-0.1, -0.05) is 36.4 Å². The SMILES string of the molecule is NC(CCOc1ccc(C(NC=O)C(=O)N[C@@H]2CN([C@@H](C(=O)O)c3ccc([C@@]4(O)O[C@H](C(=O)O)[C@@H](O)[C@H](O)[C@H]4O)cc3)C2=O)cc1)C(=O)O. The first-order chi connectivity index (χ1) is 23.1. The maximum absolute atomic E-state index is 13.1. The third-order valence-electron chi connectivity index (χ3n) is 8.12. The molecule has 19 heteroatoms. The molecule has 2 saturated heterocycles. The van der Waals surface area contributed by atoms with Crippen molar-refractivity contribution in [3.8, 4) is 5.75 Å². The normalized spacial score (nSPS) is 26.8. The van der Waals surface area contributed by atoms with Crippen molar-refractivity contribution in [3.63, 3.8) is 0 Å². The minimum Gasteiger partial charge on any atom is -0.494 e. The van der Waals surface area contributed by atoms with Gasteiger partial charge in [-0.15, -0.1) is 0 Å². The summed E-state index contributed by atoms with van der Waals surface area (Å²) < 4.78 is 10.5. The van der Waals surface area contributed by atoms with Crippen molar-refractivity contribution >= 4 is 36.1 Å². The summed E-state index contributed by atoms with van der Waals surface area (Å²) in [7, 11) is 0. The van der Waals surface area contributed by atoms with Crippen molar-refractivity contribution in [1.82, 2.24) is 15.5 Å². The second kappa shape index (κ2) is 14.9. The van der Waals surface area contributed by atoms with Gasteiger partial charge < -0.3 is 66.5 Å². The smallest absolute Gasteiger partial charge is 0.335 e. The maximum atomic E-state index is 13.1. The van der Waals surface area contributed by atoms with E-state index in [2.05, 4.69) is 10.6 Å². The van der Waals surface area contributed by atoms with E-state index in [-0.39, 0.29) is 37.1 Å². The van der Waals surface area contributed by atoms with Gasteiger partial charge in [-0.3, -0.25) is 19.2 Å². The predicted molar refractivity (Wildman–Crippen MR) is 159 cm³/mol. The number of nitrogens with one attached hydrogen (secondary N) is 2. The summed E-state index contributed by atoms with van der Waals surface area (Å²) in [5, 5.41) is 74.2. The highest BCUT2D eigenvalue weighted by molar-refractivity contribution is 5.97. The van der Waals surface area contributed by atoms with E-state index < -0.39 is 84.1 Å². The van der Waals surface area contributed by atoms with Crippen molar-refractivity contribution in [1.29, 1.82) is 0 Å². The first-order valence-electron chi connectivity index (χ1n) is 14.6. The molecule has 0 radical (unpaired) electrons. The molecule has 4 rings (SSSR count). The minimum absolute atomic E-state index is 0.00592. The standard InChI is InChI=1S/C30H34N4O15/c31-17(27(41)42)9-10-48-16-7-3-13(4-8-16)19(32-12-35)25(39)33-18-11-34(26(18)40)20(28(43)44)14-1-5-15(6-2-14)30(47)24(38)22(37)21(36)23(49-30)29(45)46/h1-8,12,17-24,36-38,47H,9-11,31H2,(H,32,35)(H,33,39)(H,41,42)(H,43,44)(H,45,46)/t17?,18-,19?,20-,21+,22+,23+,24-,30-/m1/s1. The monoisotopic (exact) mass is 690 g/mol. The molecule has 2 aromatic carbocycles. The Morgan fingerprint density at radius 3 is 2.12 bits per heavy atom. The molecule has 49 heavy (non-hydrogen) atoms. The first kappa shape index (κ1) is 36.7. The number of ether oxygens (including phenoxy) is 2. The quantitative estimate of drug-likeness (QED) is 0.0641. The Hall–Kier alpha value is -5.18. The van der Waals surface area contributed by atoms with Crippen LogP contribution in [-0.2, 0) is 39.3 Å². The highest BCUT2D eigenvalue weighted by Gasteiger charge is 2.56. The number of β-lactam (4-membered cyclic amide) rings is 1. The molecule has 0 spiro atoms. The van der Waals surface area contributed by atoms with Gasteiger partial charge in [0.2, 0.25) is 24.0 Å². The lowest BCUT2D eigenvalue weighted by Crippen LogP contribution is -2.66. The van der Waals surface area contributed by atoms with Crippen LogP contribution >= 0.6 is 0 Å². The Kier molecular flexibility index (Phi) is 11.2. The number of rotatable bonds is 15. The molecule has 3 amide bonds. The summed E-state index contributed by atoms with van der Waals surface area (Å²) in [6.45, 7) is -0.244. The number of carbonyl (C=O) groups excluding carboxylic acids is 3. The number of carbonyl (C=O) groups is 6. The highest BCUT2D eigenvalue weighted by atomic mass is 16.7. The number of carboxylic acids is 3. The average Bonchev–Trinajstić information content (AvgIpc) is 3.07. The number of nitrogens with two attached hydrogens (primary N) is 1. The summed E-state index contributed by atoms with van der Waals surface area (Å²) in [4.78, 5) is 72.8. The van der Waals surface area contributed by atoms with Crippen molar-refractivity contribution < 1.29 is 74.0 Å². The molecule has 0 bridgehead atoms. The van der Waals surface area contributed by atoms with E-state index in [1.165, 1.54) is 24.3 Å². The van der Waals surface area contributed by atoms with Crippen LogP contribution in [0.5, 0.6) is 5.75 Å². The molecule has 9 atom stereocenters. The Morgan fingerprint density at radius 2 is 1.59 bits per heavy atom. The second-order valence-corrected chi connectivity index (χ2v) is 11.3. The lowest BCUT2D eigenvalue weighted by Gasteiger charge is -2.45. The number of likely N-dealkylation sites (tertiary alicyclic amines) is 1. The van der Waals surface area contributed by atoms with Crippen LogP contribution in [-0.4, -0.2) is 126 Å². The summed E-state index contributed by atoms with van der Waals surface area (Å²) in [6, 6.07) is 5.27. The number of aliphatic hydroxyl groups is 4. The second-order valence-electron chi connectivity index (χ2n) is 11.3. The van der Waals surface area contributed by atoms with Crippen molar-refractivity contribution in [2.24, 2.45) is 5.73 Å². The molecular formula is C30H34N4O15. The molecule has 11 N–H and O–H groups in total. The molecule has 0 aromatic heterocycles. The van der Waals surface area contributed by atoms with Gasteiger partial charge in [0.15, 0.2) is 12.1 Å². The summed E-state index contributed by atoms with van der Waals surface area (Å²) >= 11 is 0. The van der Waals surface area contributed by atoms with Gasteiger partial charge in [-0.05, 0) is 23.3 Å². The first-order valence-corrected chi connectivity index (χ1v) is 14.6. The summed E-state index contributed by atoms with van der Waals surface area (Å²) in [6.07, 6.45) is -8.17. The predicted octanol–water partition coefficient (Wildman–Crippen LogP) is -3.48. The van der Waals surface area contributed by atoms with Gasteiger partial charge in [0, 0.05) is 12.0 Å². The number of hydrogen-bond acceptors (Lipinski definition) is 13. The fourth-order valence-electron chi connectivity index (χ4n) is 5.35. The Bertz CT molecular complexity index is 1570. The summed E-state index contributed by atoms with van der Waals surface area (Å²) in [5.41, 5.74) is 5.45. The average molecular weight is 691 g/mol. The van der Waals surface area contributed by atoms with E-state index >= 15 is 0 Å². The van der Waals surface area contributed by atoms with Gasteiger partial charge in [0.1, 0.15) is 42.2 Å². The molecular weight excluding hydrogens is 656 g/mol. The van der Waals surface area contributed by atoms with E-state index in [4.69, 9.17) is 20.3 Å². The van der Waals surface area contributed by atoms with Crippen LogP contribution in [0.1, 0.15) is 35.2 Å². The molecule has 0 aliphatic carbocycles.